The van der Waals surface area contributed by atoms with E-state index in [1.54, 1.807) is 16.7 Å². The molecule has 0 aliphatic carbocycles. The van der Waals surface area contributed by atoms with Crippen LogP contribution in [0.5, 0.6) is 5.75 Å². The number of ether oxygens (including phenoxy) is 1. The molecule has 8 heteroatoms. The van der Waals surface area contributed by atoms with Gasteiger partial charge in [-0.1, -0.05) is 17.3 Å². The van der Waals surface area contributed by atoms with Crippen molar-refractivity contribution in [2.45, 2.75) is 38.5 Å². The van der Waals surface area contributed by atoms with Crippen molar-refractivity contribution in [1.82, 2.24) is 25.2 Å². The van der Waals surface area contributed by atoms with E-state index in [0.717, 1.165) is 23.4 Å². The highest BCUT2D eigenvalue weighted by Crippen LogP contribution is 2.24. The number of rotatable bonds is 8. The van der Waals surface area contributed by atoms with Crippen LogP contribution in [-0.4, -0.2) is 63.3 Å². The molecule has 2 heterocycles. The number of amides is 1. The highest BCUT2D eigenvalue weighted by molar-refractivity contribution is 5.86. The number of aryl methyl sites for hydroxylation is 1. The third kappa shape index (κ3) is 4.84. The number of hydrogen-bond acceptors (Lipinski definition) is 6. The molecule has 0 spiro atoms. The van der Waals surface area contributed by atoms with Crippen LogP contribution in [0.25, 0.3) is 0 Å². The lowest BCUT2D eigenvalue weighted by Gasteiger charge is -2.38. The number of benzene rings is 1. The van der Waals surface area contributed by atoms with Crippen LogP contribution in [0.4, 0.5) is 0 Å². The molecule has 1 fully saturated rings. The number of hydrogen-bond donors (Lipinski definition) is 2. The molecule has 1 aliphatic rings. The fraction of sp³-hybridized carbons (Fsp3) is 0.526. The molecule has 1 aliphatic heterocycles. The molecule has 1 atom stereocenters. The number of nitrogens with one attached hydrogen (secondary N) is 1. The van der Waals surface area contributed by atoms with E-state index in [1.807, 2.05) is 37.4 Å². The molecule has 0 unspecified atom stereocenters. The quantitative estimate of drug-likeness (QED) is 0.663. The van der Waals surface area contributed by atoms with E-state index in [1.165, 1.54) is 0 Å². The van der Waals surface area contributed by atoms with E-state index < -0.39 is 5.60 Å². The lowest BCUT2D eigenvalue weighted by molar-refractivity contribution is -0.157. The summed E-state index contributed by atoms with van der Waals surface area (Å²) in [4.78, 5) is 14.6. The molecular formula is C19H27N5O3. The molecule has 2 N–H and O–H groups in total. The average Bonchev–Trinajstić information content (AvgIpc) is 3.08. The van der Waals surface area contributed by atoms with Gasteiger partial charge in [0.1, 0.15) is 5.75 Å². The van der Waals surface area contributed by atoms with Gasteiger partial charge in [-0.25, -0.2) is 0 Å². The molecule has 0 radical (unpaired) electrons. The van der Waals surface area contributed by atoms with E-state index in [4.69, 9.17) is 4.74 Å². The predicted molar refractivity (Wildman–Crippen MR) is 100 cm³/mol. The van der Waals surface area contributed by atoms with Gasteiger partial charge in [0.05, 0.1) is 19.3 Å². The molecule has 1 saturated heterocycles. The van der Waals surface area contributed by atoms with Crippen LogP contribution in [0.2, 0.25) is 0 Å². The lowest BCUT2D eigenvalue weighted by atomic mass is 9.91. The number of aromatic nitrogens is 3. The Morgan fingerprint density at radius 3 is 3.00 bits per heavy atom. The second kappa shape index (κ2) is 8.49. The van der Waals surface area contributed by atoms with Crippen molar-refractivity contribution >= 4 is 5.91 Å². The Kier molecular flexibility index (Phi) is 6.08. The van der Waals surface area contributed by atoms with Gasteiger partial charge in [0.15, 0.2) is 5.60 Å². The summed E-state index contributed by atoms with van der Waals surface area (Å²) in [6.45, 7) is 4.48. The van der Waals surface area contributed by atoms with Gasteiger partial charge in [0.2, 0.25) is 0 Å². The number of methoxy groups -OCH3 is 1. The van der Waals surface area contributed by atoms with E-state index >= 15 is 0 Å². The third-order valence-corrected chi connectivity index (χ3v) is 4.80. The smallest absolute Gasteiger partial charge is 0.256 e. The van der Waals surface area contributed by atoms with Crippen molar-refractivity contribution < 1.29 is 14.6 Å². The molecule has 2 aromatic rings. The predicted octanol–water partition coefficient (Wildman–Crippen LogP) is 0.738. The highest BCUT2D eigenvalue weighted by Gasteiger charge is 2.41. The Morgan fingerprint density at radius 1 is 1.41 bits per heavy atom. The van der Waals surface area contributed by atoms with Gasteiger partial charge in [-0.3, -0.25) is 9.48 Å². The summed E-state index contributed by atoms with van der Waals surface area (Å²) in [6, 6.07) is 7.65. The van der Waals surface area contributed by atoms with Crippen LogP contribution < -0.4 is 10.1 Å². The summed E-state index contributed by atoms with van der Waals surface area (Å²) in [5.74, 6) is 0.540. The summed E-state index contributed by atoms with van der Waals surface area (Å²) in [5.41, 5.74) is 0.487. The first kappa shape index (κ1) is 19.3. The van der Waals surface area contributed by atoms with Gasteiger partial charge in [-0.05, 0) is 37.5 Å². The first-order chi connectivity index (χ1) is 13.0. The monoisotopic (exact) mass is 373 g/mol. The molecule has 27 heavy (non-hydrogen) atoms. The minimum absolute atomic E-state index is 0.222. The minimum atomic E-state index is -1.37. The largest absolute Gasteiger partial charge is 0.497 e. The normalized spacial score (nSPS) is 20.1. The lowest BCUT2D eigenvalue weighted by Crippen LogP contribution is -2.57. The first-order valence-electron chi connectivity index (χ1n) is 9.22. The topological polar surface area (TPSA) is 92.5 Å². The Morgan fingerprint density at radius 2 is 2.26 bits per heavy atom. The number of piperidine rings is 1. The minimum Gasteiger partial charge on any atom is -0.497 e. The Balaban J connectivity index is 1.54. The van der Waals surface area contributed by atoms with Gasteiger partial charge in [0, 0.05) is 32.4 Å². The number of aliphatic hydroxyl groups is 1. The van der Waals surface area contributed by atoms with Crippen molar-refractivity contribution in [1.29, 1.82) is 0 Å². The molecule has 8 nitrogen and oxygen atoms in total. The van der Waals surface area contributed by atoms with Crippen LogP contribution in [0.1, 0.15) is 24.1 Å². The fourth-order valence-corrected chi connectivity index (χ4v) is 3.36. The SMILES string of the molecule is COc1cccc(CN2CCC[C@](O)(CNCCn3cc(C)nn3)C2=O)c1. The maximum Gasteiger partial charge on any atom is 0.256 e. The summed E-state index contributed by atoms with van der Waals surface area (Å²) in [7, 11) is 1.62. The second-order valence-electron chi connectivity index (χ2n) is 7.01. The number of carbonyl (C=O) groups excluding carboxylic acids is 1. The molecule has 3 rings (SSSR count). The van der Waals surface area contributed by atoms with E-state index in [9.17, 15) is 9.90 Å². The van der Waals surface area contributed by atoms with Crippen LogP contribution in [0.3, 0.4) is 0 Å². The van der Waals surface area contributed by atoms with Gasteiger partial charge in [0.25, 0.3) is 5.91 Å². The molecule has 1 aromatic carbocycles. The molecule has 0 bridgehead atoms. The number of likely N-dealkylation sites (tertiary alicyclic amines) is 1. The fourth-order valence-electron chi connectivity index (χ4n) is 3.36. The maximum atomic E-state index is 12.9. The zero-order chi connectivity index (χ0) is 19.3. The summed E-state index contributed by atoms with van der Waals surface area (Å²) < 4.78 is 6.98. The number of nitrogens with zero attached hydrogens (tertiary/aromatic N) is 4. The Hall–Kier alpha value is -2.45. The van der Waals surface area contributed by atoms with E-state index in [0.29, 0.717) is 32.6 Å². The number of carbonyl (C=O) groups is 1. The first-order valence-corrected chi connectivity index (χ1v) is 9.22. The molecule has 0 saturated carbocycles. The molecule has 1 aromatic heterocycles. The van der Waals surface area contributed by atoms with Crippen LogP contribution in [-0.2, 0) is 17.9 Å². The van der Waals surface area contributed by atoms with Crippen LogP contribution in [0.15, 0.2) is 30.5 Å². The summed E-state index contributed by atoms with van der Waals surface area (Å²) in [5, 5.41) is 22.0. The second-order valence-corrected chi connectivity index (χ2v) is 7.01. The van der Waals surface area contributed by atoms with Crippen molar-refractivity contribution in [3.63, 3.8) is 0 Å². The van der Waals surface area contributed by atoms with Gasteiger partial charge in [-0.15, -0.1) is 5.10 Å². The zero-order valence-electron chi connectivity index (χ0n) is 15.9. The van der Waals surface area contributed by atoms with Crippen molar-refractivity contribution in [3.05, 3.63) is 41.7 Å². The average molecular weight is 373 g/mol. The Bertz CT molecular complexity index is 778. The maximum absolute atomic E-state index is 12.9. The third-order valence-electron chi connectivity index (χ3n) is 4.80. The summed E-state index contributed by atoms with van der Waals surface area (Å²) in [6.07, 6.45) is 3.10. The van der Waals surface area contributed by atoms with Gasteiger partial charge in [-0.2, -0.15) is 0 Å². The summed E-state index contributed by atoms with van der Waals surface area (Å²) >= 11 is 0. The highest BCUT2D eigenvalue weighted by atomic mass is 16.5. The van der Waals surface area contributed by atoms with E-state index in [2.05, 4.69) is 15.6 Å². The Labute approximate surface area is 159 Å². The van der Waals surface area contributed by atoms with Crippen molar-refractivity contribution in [3.8, 4) is 5.75 Å². The zero-order valence-corrected chi connectivity index (χ0v) is 15.9. The molecular weight excluding hydrogens is 346 g/mol. The van der Waals surface area contributed by atoms with Crippen molar-refractivity contribution in [2.75, 3.05) is 26.7 Å². The van der Waals surface area contributed by atoms with Crippen LogP contribution >= 0.6 is 0 Å². The molecule has 1 amide bonds. The van der Waals surface area contributed by atoms with Gasteiger partial charge < -0.3 is 20.1 Å². The standard InChI is InChI=1S/C19H27N5O3/c1-15-12-24(22-21-15)10-8-20-14-19(26)7-4-9-23(18(19)25)13-16-5-3-6-17(11-16)27-2/h3,5-6,11-12,20,26H,4,7-10,13-14H2,1-2H3/t19-/m0/s1. The van der Waals surface area contributed by atoms with Crippen molar-refractivity contribution in [2.24, 2.45) is 0 Å². The molecule has 146 valence electrons. The van der Waals surface area contributed by atoms with Crippen LogP contribution in [0, 0.1) is 6.92 Å². The van der Waals surface area contributed by atoms with Gasteiger partial charge >= 0.3 is 0 Å². The van der Waals surface area contributed by atoms with E-state index in [-0.39, 0.29) is 12.5 Å².